The average molecular weight is 407 g/mol. The lowest BCUT2D eigenvalue weighted by Gasteiger charge is -2.20. The van der Waals surface area contributed by atoms with Gasteiger partial charge in [0.15, 0.2) is 0 Å². The molecule has 0 aliphatic carbocycles. The number of aryl methyl sites for hydroxylation is 1. The smallest absolute Gasteiger partial charge is 0.416 e. The van der Waals surface area contributed by atoms with E-state index in [0.29, 0.717) is 5.52 Å². The Kier molecular flexibility index (Phi) is 4.65. The second-order valence-corrected chi connectivity index (χ2v) is 6.22. The van der Waals surface area contributed by atoms with Crippen molar-refractivity contribution in [2.24, 2.45) is 7.05 Å². The SMILES string of the molecule is [2H]CN(C(=O)c1c(O)c2c(OC)cccc2n(C)c1=O)c1ccc(C(F)(F)F)cc1. The van der Waals surface area contributed by atoms with Crippen LogP contribution in [0.25, 0.3) is 10.9 Å². The Morgan fingerprint density at radius 2 is 1.86 bits per heavy atom. The normalized spacial score (nSPS) is 12.0. The number of benzene rings is 2. The first kappa shape index (κ1) is 18.9. The number of nitrogens with zero attached hydrogens (tertiary/aromatic N) is 2. The first-order valence-electron chi connectivity index (χ1n) is 8.99. The number of rotatable bonds is 3. The Hall–Kier alpha value is -3.49. The van der Waals surface area contributed by atoms with E-state index in [2.05, 4.69) is 0 Å². The summed E-state index contributed by atoms with van der Waals surface area (Å²) in [6, 6.07) is 8.31. The van der Waals surface area contributed by atoms with Gasteiger partial charge in [0.25, 0.3) is 11.5 Å². The molecular formula is C20H17F3N2O4. The van der Waals surface area contributed by atoms with E-state index in [1.54, 1.807) is 18.2 Å². The number of aromatic nitrogens is 1. The van der Waals surface area contributed by atoms with Gasteiger partial charge in [0.05, 0.1) is 23.6 Å². The van der Waals surface area contributed by atoms with Gasteiger partial charge in [0.1, 0.15) is 17.1 Å². The van der Waals surface area contributed by atoms with Crippen LogP contribution in [0.1, 0.15) is 17.3 Å². The third-order valence-electron chi connectivity index (χ3n) is 4.54. The zero-order chi connectivity index (χ0) is 22.2. The molecule has 0 radical (unpaired) electrons. The Balaban J connectivity index is 2.17. The fraction of sp³-hybridized carbons (Fsp3) is 0.200. The molecule has 0 aliphatic heterocycles. The highest BCUT2D eigenvalue weighted by atomic mass is 19.4. The fourth-order valence-electron chi connectivity index (χ4n) is 2.99. The molecular weight excluding hydrogens is 389 g/mol. The molecule has 2 aromatic carbocycles. The number of hydrogen-bond acceptors (Lipinski definition) is 4. The molecule has 0 fully saturated rings. The number of hydrogen-bond donors (Lipinski definition) is 1. The lowest BCUT2D eigenvalue weighted by Crippen LogP contribution is -2.34. The number of alkyl halides is 3. The van der Waals surface area contributed by atoms with Crippen LogP contribution in [0.2, 0.25) is 0 Å². The van der Waals surface area contributed by atoms with Crippen molar-refractivity contribution in [1.29, 1.82) is 0 Å². The zero-order valence-electron chi connectivity index (χ0n) is 16.4. The van der Waals surface area contributed by atoms with Gasteiger partial charge in [-0.25, -0.2) is 0 Å². The summed E-state index contributed by atoms with van der Waals surface area (Å²) in [7, 11) is 2.08. The zero-order valence-corrected chi connectivity index (χ0v) is 15.4. The summed E-state index contributed by atoms with van der Waals surface area (Å²) in [5.74, 6) is -1.42. The Morgan fingerprint density at radius 3 is 2.41 bits per heavy atom. The van der Waals surface area contributed by atoms with E-state index >= 15 is 0 Å². The van der Waals surface area contributed by atoms with Crippen LogP contribution in [-0.2, 0) is 13.2 Å². The molecule has 1 N–H and O–H groups in total. The van der Waals surface area contributed by atoms with E-state index in [0.717, 1.165) is 33.7 Å². The highest BCUT2D eigenvalue weighted by molar-refractivity contribution is 6.11. The highest BCUT2D eigenvalue weighted by Gasteiger charge is 2.31. The third-order valence-corrected chi connectivity index (χ3v) is 4.54. The van der Waals surface area contributed by atoms with Crippen LogP contribution in [0.15, 0.2) is 47.3 Å². The maximum absolute atomic E-state index is 13.1. The number of pyridine rings is 1. The van der Waals surface area contributed by atoms with Gasteiger partial charge in [-0.1, -0.05) is 6.07 Å². The van der Waals surface area contributed by atoms with Gasteiger partial charge in [-0.05, 0) is 36.4 Å². The summed E-state index contributed by atoms with van der Waals surface area (Å²) in [4.78, 5) is 26.6. The third kappa shape index (κ3) is 3.39. The van der Waals surface area contributed by atoms with Crippen LogP contribution in [-0.4, -0.2) is 29.7 Å². The second-order valence-electron chi connectivity index (χ2n) is 6.22. The van der Waals surface area contributed by atoms with Crippen molar-refractivity contribution < 1.29 is 29.2 Å². The summed E-state index contributed by atoms with van der Waals surface area (Å²) < 4.78 is 52.4. The molecule has 0 saturated carbocycles. The molecule has 3 aromatic rings. The van der Waals surface area contributed by atoms with Crippen molar-refractivity contribution in [3.63, 3.8) is 0 Å². The summed E-state index contributed by atoms with van der Waals surface area (Å²) in [6.45, 7) is 0. The number of carbonyl (C=O) groups is 1. The molecule has 29 heavy (non-hydrogen) atoms. The van der Waals surface area contributed by atoms with E-state index in [-0.39, 0.29) is 16.8 Å². The van der Waals surface area contributed by atoms with E-state index in [9.17, 15) is 27.9 Å². The monoisotopic (exact) mass is 407 g/mol. The van der Waals surface area contributed by atoms with Gasteiger partial charge in [0, 0.05) is 21.1 Å². The lowest BCUT2D eigenvalue weighted by atomic mass is 10.1. The number of aromatic hydroxyl groups is 1. The molecule has 1 aromatic heterocycles. The van der Waals surface area contributed by atoms with Gasteiger partial charge in [-0.2, -0.15) is 13.2 Å². The minimum atomic E-state index is -4.56. The van der Waals surface area contributed by atoms with Gasteiger partial charge in [-0.3, -0.25) is 9.59 Å². The fourth-order valence-corrected chi connectivity index (χ4v) is 2.99. The number of halogens is 3. The number of ether oxygens (including phenoxy) is 1. The molecule has 3 rings (SSSR count). The minimum absolute atomic E-state index is 0.0235. The Morgan fingerprint density at radius 1 is 1.21 bits per heavy atom. The summed E-state index contributed by atoms with van der Waals surface area (Å²) in [6.07, 6.45) is -4.56. The van der Waals surface area contributed by atoms with Crippen molar-refractivity contribution in [1.82, 2.24) is 4.57 Å². The average Bonchev–Trinajstić information content (AvgIpc) is 2.72. The molecule has 1 amide bonds. The van der Waals surface area contributed by atoms with Crippen molar-refractivity contribution >= 4 is 22.5 Å². The van der Waals surface area contributed by atoms with Gasteiger partial charge < -0.3 is 19.3 Å². The van der Waals surface area contributed by atoms with E-state index < -0.39 is 41.5 Å². The van der Waals surface area contributed by atoms with Gasteiger partial charge in [-0.15, -0.1) is 0 Å². The molecule has 1 heterocycles. The molecule has 0 atom stereocenters. The van der Waals surface area contributed by atoms with Crippen LogP contribution in [0.4, 0.5) is 18.9 Å². The standard InChI is InChI=1S/C20H17F3N2O4/c1-24(12-9-7-11(8-10-12)20(21,22)23)18(27)16-17(26)15-13(25(2)19(16)28)5-4-6-14(15)29-3/h4-10,26H,1-3H3/i1D. The first-order valence-corrected chi connectivity index (χ1v) is 8.28. The second kappa shape index (κ2) is 7.16. The molecule has 152 valence electrons. The number of fused-ring (bicyclic) bond motifs is 1. The van der Waals surface area contributed by atoms with E-state index in [1.165, 1.54) is 14.2 Å². The van der Waals surface area contributed by atoms with Gasteiger partial charge >= 0.3 is 6.18 Å². The number of amides is 1. The molecule has 6 nitrogen and oxygen atoms in total. The topological polar surface area (TPSA) is 71.8 Å². The molecule has 0 spiro atoms. The predicted octanol–water partition coefficient (Wildman–Crippen LogP) is 3.55. The minimum Gasteiger partial charge on any atom is -0.506 e. The molecule has 0 aliphatic rings. The predicted molar refractivity (Wildman–Crippen MR) is 102 cm³/mol. The molecule has 0 bridgehead atoms. The number of carbonyl (C=O) groups excluding carboxylic acids is 1. The maximum Gasteiger partial charge on any atom is 0.416 e. The van der Waals surface area contributed by atoms with E-state index in [4.69, 9.17) is 6.11 Å². The summed E-state index contributed by atoms with van der Waals surface area (Å²) in [5.41, 5.74) is -2.05. The van der Waals surface area contributed by atoms with Crippen molar-refractivity contribution in [3.8, 4) is 11.5 Å². The van der Waals surface area contributed by atoms with Crippen LogP contribution in [0.3, 0.4) is 0 Å². The quantitative estimate of drug-likeness (QED) is 0.721. The molecule has 9 heteroatoms. The highest BCUT2D eigenvalue weighted by Crippen LogP contribution is 2.35. The lowest BCUT2D eigenvalue weighted by molar-refractivity contribution is -0.137. The molecule has 0 saturated heterocycles. The first-order chi connectivity index (χ1) is 14.1. The van der Waals surface area contributed by atoms with Crippen molar-refractivity contribution in [3.05, 3.63) is 63.9 Å². The van der Waals surface area contributed by atoms with Crippen LogP contribution < -0.4 is 15.2 Å². The van der Waals surface area contributed by atoms with Gasteiger partial charge in [0.2, 0.25) is 0 Å². The summed E-state index contributed by atoms with van der Waals surface area (Å²) >= 11 is 0. The summed E-state index contributed by atoms with van der Waals surface area (Å²) in [5, 5.41) is 10.9. The maximum atomic E-state index is 13.1. The Bertz CT molecular complexity index is 1170. The molecule has 0 unspecified atom stereocenters. The Labute approximate surface area is 164 Å². The van der Waals surface area contributed by atoms with Crippen LogP contribution in [0.5, 0.6) is 11.5 Å². The van der Waals surface area contributed by atoms with E-state index in [1.807, 2.05) is 0 Å². The number of anilines is 1. The van der Waals surface area contributed by atoms with Crippen molar-refractivity contribution in [2.75, 3.05) is 19.0 Å². The largest absolute Gasteiger partial charge is 0.506 e. The van der Waals surface area contributed by atoms with Crippen LogP contribution in [0, 0.1) is 0 Å². The van der Waals surface area contributed by atoms with Crippen molar-refractivity contribution in [2.45, 2.75) is 6.18 Å². The number of methoxy groups -OCH3 is 1. The van der Waals surface area contributed by atoms with Crippen LogP contribution >= 0.6 is 0 Å².